The van der Waals surface area contributed by atoms with E-state index >= 15 is 0 Å². The maximum absolute atomic E-state index is 12.2. The lowest BCUT2D eigenvalue weighted by Gasteiger charge is -2.57. The highest BCUT2D eigenvalue weighted by Gasteiger charge is 2.49. The number of hydrogen-bond acceptors (Lipinski definition) is 5. The van der Waals surface area contributed by atoms with Crippen molar-refractivity contribution in [2.45, 2.75) is 30.8 Å². The van der Waals surface area contributed by atoms with Gasteiger partial charge in [0.2, 0.25) is 10.0 Å². The van der Waals surface area contributed by atoms with Crippen LogP contribution in [0.1, 0.15) is 35.4 Å². The largest absolute Gasteiger partial charge is 0.495 e. The molecule has 2 aromatic rings. The fraction of sp³-hybridized carbons (Fsp3) is 0.440. The van der Waals surface area contributed by atoms with E-state index < -0.39 is 10.0 Å². The van der Waals surface area contributed by atoms with E-state index in [9.17, 15) is 13.5 Å². The number of sulfonamides is 1. The summed E-state index contributed by atoms with van der Waals surface area (Å²) in [7, 11) is -1.61. The normalized spacial score (nSPS) is 24.3. The van der Waals surface area contributed by atoms with Gasteiger partial charge in [0.05, 0.1) is 25.5 Å². The summed E-state index contributed by atoms with van der Waals surface area (Å²) in [5.74, 6) is 7.19. The predicted molar refractivity (Wildman–Crippen MR) is 125 cm³/mol. The molecule has 0 bridgehead atoms. The fourth-order valence-electron chi connectivity index (χ4n) is 4.89. The number of para-hydroxylation sites is 1. The van der Waals surface area contributed by atoms with E-state index in [1.807, 2.05) is 36.4 Å². The molecular formula is C25H30N2O4S. The van der Waals surface area contributed by atoms with E-state index in [1.54, 1.807) is 11.4 Å². The van der Waals surface area contributed by atoms with Crippen molar-refractivity contribution in [3.63, 3.8) is 0 Å². The zero-order valence-electron chi connectivity index (χ0n) is 18.6. The van der Waals surface area contributed by atoms with E-state index in [-0.39, 0.29) is 24.6 Å². The Labute approximate surface area is 190 Å². The van der Waals surface area contributed by atoms with Gasteiger partial charge in [0.15, 0.2) is 0 Å². The van der Waals surface area contributed by atoms with E-state index in [4.69, 9.17) is 4.74 Å². The maximum Gasteiger partial charge on any atom is 0.211 e. The molecule has 3 atom stereocenters. The summed E-state index contributed by atoms with van der Waals surface area (Å²) in [6, 6.07) is 15.9. The lowest BCUT2D eigenvalue weighted by Crippen LogP contribution is -2.67. The number of hydrogen-bond donors (Lipinski definition) is 1. The molecule has 0 amide bonds. The van der Waals surface area contributed by atoms with Gasteiger partial charge >= 0.3 is 0 Å². The molecule has 0 unspecified atom stereocenters. The van der Waals surface area contributed by atoms with Crippen LogP contribution in [0.25, 0.3) is 0 Å². The molecule has 2 heterocycles. The van der Waals surface area contributed by atoms with Gasteiger partial charge in [0.1, 0.15) is 5.75 Å². The molecule has 0 aliphatic carbocycles. The molecule has 1 N–H and O–H groups in total. The number of benzene rings is 2. The lowest BCUT2D eigenvalue weighted by atomic mass is 9.74. The van der Waals surface area contributed by atoms with Gasteiger partial charge in [0, 0.05) is 36.7 Å². The highest BCUT2D eigenvalue weighted by molar-refractivity contribution is 7.88. The molecule has 32 heavy (non-hydrogen) atoms. The molecule has 0 spiro atoms. The van der Waals surface area contributed by atoms with Crippen molar-refractivity contribution >= 4 is 10.0 Å². The number of nitrogens with zero attached hydrogens (tertiary/aromatic N) is 2. The Morgan fingerprint density at radius 3 is 2.47 bits per heavy atom. The first-order chi connectivity index (χ1) is 15.4. The summed E-state index contributed by atoms with van der Waals surface area (Å²) in [4.78, 5) is 2.28. The van der Waals surface area contributed by atoms with Gasteiger partial charge in [-0.3, -0.25) is 4.90 Å². The maximum atomic E-state index is 12.2. The molecule has 0 saturated carbocycles. The molecule has 2 fully saturated rings. The molecule has 7 heteroatoms. The van der Waals surface area contributed by atoms with Crippen LogP contribution in [0.4, 0.5) is 0 Å². The first-order valence-corrected chi connectivity index (χ1v) is 12.8. The Hall–Kier alpha value is -2.37. The van der Waals surface area contributed by atoms with Gasteiger partial charge in [-0.25, -0.2) is 12.7 Å². The van der Waals surface area contributed by atoms with Crippen LogP contribution in [0.3, 0.4) is 0 Å². The molecule has 4 rings (SSSR count). The minimum Gasteiger partial charge on any atom is -0.495 e. The molecule has 0 radical (unpaired) electrons. The summed E-state index contributed by atoms with van der Waals surface area (Å²) in [6.07, 6.45) is 3.06. The number of ether oxygens (including phenoxy) is 1. The first-order valence-electron chi connectivity index (χ1n) is 11.0. The van der Waals surface area contributed by atoms with Gasteiger partial charge in [0.25, 0.3) is 0 Å². The average molecular weight is 455 g/mol. The van der Waals surface area contributed by atoms with Gasteiger partial charge < -0.3 is 9.84 Å². The highest BCUT2D eigenvalue weighted by Crippen LogP contribution is 2.42. The molecule has 2 aliphatic heterocycles. The van der Waals surface area contributed by atoms with Gasteiger partial charge in [-0.2, -0.15) is 0 Å². The average Bonchev–Trinajstić information content (AvgIpc) is 2.76. The van der Waals surface area contributed by atoms with Crippen LogP contribution in [0.2, 0.25) is 0 Å². The van der Waals surface area contributed by atoms with Crippen molar-refractivity contribution in [1.29, 1.82) is 0 Å². The Morgan fingerprint density at radius 1 is 1.06 bits per heavy atom. The van der Waals surface area contributed by atoms with Crippen molar-refractivity contribution in [3.05, 3.63) is 65.2 Å². The lowest BCUT2D eigenvalue weighted by molar-refractivity contribution is -0.0553. The van der Waals surface area contributed by atoms with Crippen molar-refractivity contribution in [3.8, 4) is 17.6 Å². The van der Waals surface area contributed by atoms with Crippen LogP contribution >= 0.6 is 0 Å². The zero-order chi connectivity index (χ0) is 22.7. The van der Waals surface area contributed by atoms with E-state index in [2.05, 4.69) is 28.9 Å². The minimum atomic E-state index is -3.25. The van der Waals surface area contributed by atoms with Crippen molar-refractivity contribution in [1.82, 2.24) is 9.21 Å². The third kappa shape index (κ3) is 4.69. The second-order valence-electron chi connectivity index (χ2n) is 8.48. The number of aliphatic hydroxyl groups excluding tert-OH is 1. The van der Waals surface area contributed by atoms with Crippen molar-refractivity contribution in [2.24, 2.45) is 0 Å². The molecule has 2 aromatic carbocycles. The molecule has 6 nitrogen and oxygen atoms in total. The van der Waals surface area contributed by atoms with Crippen LogP contribution in [0.15, 0.2) is 48.5 Å². The van der Waals surface area contributed by atoms with E-state index in [1.165, 1.54) is 6.26 Å². The summed E-state index contributed by atoms with van der Waals surface area (Å²) in [5.41, 5.74) is 2.85. The Balaban J connectivity index is 1.55. The first kappa shape index (κ1) is 22.8. The smallest absolute Gasteiger partial charge is 0.211 e. The fourth-order valence-corrected chi connectivity index (χ4v) is 5.77. The van der Waals surface area contributed by atoms with Crippen LogP contribution in [-0.4, -0.2) is 74.4 Å². The topological polar surface area (TPSA) is 70.1 Å². The van der Waals surface area contributed by atoms with Crippen LogP contribution in [0.5, 0.6) is 5.75 Å². The number of fused-ring (bicyclic) bond motifs is 1. The molecular weight excluding hydrogens is 424 g/mol. The Morgan fingerprint density at radius 2 is 1.78 bits per heavy atom. The third-order valence-corrected chi connectivity index (χ3v) is 7.82. The standard InChI is InChI=1S/C25H30N2O4S/c1-31-24-8-4-3-7-20(24)12-9-19-10-13-21(14-11-19)25-22-17-26(32(2,29)30)15-5-6-16-27(22)23(25)18-28/h3-4,7-8,10-11,13-14,22-23,25,28H,5-6,15-18H2,1-2H3/t22-,23+,25+/m1/s1. The monoisotopic (exact) mass is 454 g/mol. The Kier molecular flexibility index (Phi) is 6.87. The van der Waals surface area contributed by atoms with E-state index in [0.717, 1.165) is 41.8 Å². The Bertz CT molecular complexity index is 1100. The van der Waals surface area contributed by atoms with Gasteiger partial charge in [-0.05, 0) is 49.2 Å². The second-order valence-corrected chi connectivity index (χ2v) is 10.5. The number of rotatable bonds is 4. The molecule has 2 saturated heterocycles. The SMILES string of the molecule is COc1ccccc1C#Cc1ccc([C@H]2[C@H]3CN(S(C)(=O)=O)CCCCN3[C@H]2CO)cc1. The minimum absolute atomic E-state index is 0.0185. The number of aliphatic hydroxyl groups is 1. The molecule has 0 aromatic heterocycles. The van der Waals surface area contributed by atoms with Gasteiger partial charge in [-0.15, -0.1) is 0 Å². The van der Waals surface area contributed by atoms with Crippen LogP contribution in [0, 0.1) is 11.8 Å². The second kappa shape index (κ2) is 9.63. The summed E-state index contributed by atoms with van der Waals surface area (Å²) >= 11 is 0. The predicted octanol–water partition coefficient (Wildman–Crippen LogP) is 2.28. The van der Waals surface area contributed by atoms with Crippen molar-refractivity contribution < 1.29 is 18.3 Å². The summed E-state index contributed by atoms with van der Waals surface area (Å²) in [6.45, 7) is 1.99. The number of methoxy groups -OCH3 is 1. The zero-order valence-corrected chi connectivity index (χ0v) is 19.4. The van der Waals surface area contributed by atoms with Crippen LogP contribution < -0.4 is 4.74 Å². The quantitative estimate of drug-likeness (QED) is 0.718. The van der Waals surface area contributed by atoms with E-state index in [0.29, 0.717) is 13.1 Å². The van der Waals surface area contributed by atoms with Gasteiger partial charge in [-0.1, -0.05) is 36.1 Å². The molecule has 2 aliphatic rings. The summed E-state index contributed by atoms with van der Waals surface area (Å²) in [5, 5.41) is 10.1. The third-order valence-electron chi connectivity index (χ3n) is 6.55. The van der Waals surface area contributed by atoms with Crippen molar-refractivity contribution in [2.75, 3.05) is 39.6 Å². The highest BCUT2D eigenvalue weighted by atomic mass is 32.2. The summed E-state index contributed by atoms with van der Waals surface area (Å²) < 4.78 is 31.4. The van der Waals surface area contributed by atoms with Crippen LogP contribution in [-0.2, 0) is 10.0 Å². The molecule has 170 valence electrons.